The van der Waals surface area contributed by atoms with Gasteiger partial charge in [0.2, 0.25) is 0 Å². The third kappa shape index (κ3) is 2.88. The summed E-state index contributed by atoms with van der Waals surface area (Å²) in [5.74, 6) is 2.07. The number of hydrogen-bond acceptors (Lipinski definition) is 4. The minimum absolute atomic E-state index is 0.358. The van der Waals surface area contributed by atoms with Gasteiger partial charge in [0, 0.05) is 5.69 Å². The molecular formula is C22H17N3O2S. The molecule has 0 aliphatic carbocycles. The number of benzene rings is 3. The summed E-state index contributed by atoms with van der Waals surface area (Å²) in [5, 5.41) is 7.41. The normalized spacial score (nSPS) is 18.0. The summed E-state index contributed by atoms with van der Waals surface area (Å²) in [6, 6.07) is 27.6. The van der Waals surface area contributed by atoms with Crippen LogP contribution in [0.2, 0.25) is 0 Å². The second-order valence-electron chi connectivity index (χ2n) is 6.49. The van der Waals surface area contributed by atoms with E-state index in [1.165, 1.54) is 0 Å². The molecule has 0 amide bonds. The average molecular weight is 387 g/mol. The Balaban J connectivity index is 1.67. The maximum atomic E-state index is 6.39. The summed E-state index contributed by atoms with van der Waals surface area (Å²) in [4.78, 5) is 0. The molecule has 0 fully saturated rings. The monoisotopic (exact) mass is 387 g/mol. The number of hydrogen-bond donors (Lipinski definition) is 1. The predicted molar refractivity (Wildman–Crippen MR) is 108 cm³/mol. The van der Waals surface area contributed by atoms with Crippen LogP contribution in [0.4, 0.5) is 0 Å². The molecular weight excluding hydrogens is 370 g/mol. The molecule has 5 rings (SSSR count). The number of aromatic amines is 1. The Morgan fingerprint density at radius 2 is 1.32 bits per heavy atom. The second kappa shape index (κ2) is 6.98. The van der Waals surface area contributed by atoms with Crippen molar-refractivity contribution in [2.45, 2.75) is 12.2 Å². The first-order chi connectivity index (χ1) is 13.8. The lowest BCUT2D eigenvalue weighted by Gasteiger charge is -2.33. The Labute approximate surface area is 167 Å². The number of rotatable bonds is 3. The molecule has 2 atom stereocenters. The maximum Gasteiger partial charge on any atom is 0.199 e. The zero-order valence-corrected chi connectivity index (χ0v) is 15.7. The lowest BCUT2D eigenvalue weighted by Crippen LogP contribution is -2.28. The van der Waals surface area contributed by atoms with Crippen LogP contribution in [0.25, 0.3) is 5.69 Å². The van der Waals surface area contributed by atoms with Crippen LogP contribution in [0, 0.1) is 4.77 Å². The summed E-state index contributed by atoms with van der Waals surface area (Å²) in [5.41, 5.74) is 1.93. The first-order valence-corrected chi connectivity index (χ1v) is 9.42. The number of nitrogens with one attached hydrogen (secondary N) is 1. The van der Waals surface area contributed by atoms with E-state index in [4.69, 9.17) is 21.7 Å². The van der Waals surface area contributed by atoms with E-state index in [1.54, 1.807) is 0 Å². The van der Waals surface area contributed by atoms with E-state index in [0.29, 0.717) is 22.1 Å². The van der Waals surface area contributed by atoms with Gasteiger partial charge in [-0.05, 0) is 42.0 Å². The molecule has 0 bridgehead atoms. The molecule has 4 aromatic rings. The molecule has 1 N–H and O–H groups in total. The predicted octanol–water partition coefficient (Wildman–Crippen LogP) is 5.18. The molecule has 3 aromatic carbocycles. The fourth-order valence-electron chi connectivity index (χ4n) is 3.44. The van der Waals surface area contributed by atoms with Crippen LogP contribution in [0.1, 0.15) is 23.6 Å². The number of fused-ring (bicyclic) bond motifs is 1. The summed E-state index contributed by atoms with van der Waals surface area (Å²) in [6.45, 7) is 0. The number of aromatic nitrogens is 3. The minimum atomic E-state index is -0.467. The van der Waals surface area contributed by atoms with Crippen molar-refractivity contribution < 1.29 is 9.47 Å². The van der Waals surface area contributed by atoms with Crippen LogP contribution in [0.3, 0.4) is 0 Å². The number of H-pyrrole nitrogens is 1. The molecule has 5 nitrogen and oxygen atoms in total. The molecule has 1 aromatic heterocycles. The largest absolute Gasteiger partial charge is 0.477 e. The van der Waals surface area contributed by atoms with Crippen LogP contribution in [0.5, 0.6) is 11.5 Å². The molecule has 6 heteroatoms. The molecule has 28 heavy (non-hydrogen) atoms. The van der Waals surface area contributed by atoms with Gasteiger partial charge in [-0.1, -0.05) is 60.7 Å². The first-order valence-electron chi connectivity index (χ1n) is 9.01. The lowest BCUT2D eigenvalue weighted by molar-refractivity contribution is 0.0122. The van der Waals surface area contributed by atoms with Gasteiger partial charge in [-0.3, -0.25) is 9.67 Å². The third-order valence-corrected chi connectivity index (χ3v) is 5.00. The van der Waals surface area contributed by atoms with Crippen molar-refractivity contribution in [3.05, 3.63) is 101 Å². The van der Waals surface area contributed by atoms with Crippen LogP contribution >= 0.6 is 12.2 Å². The highest BCUT2D eigenvalue weighted by atomic mass is 32.1. The van der Waals surface area contributed by atoms with E-state index >= 15 is 0 Å². The van der Waals surface area contributed by atoms with Gasteiger partial charge in [0.15, 0.2) is 34.3 Å². The van der Waals surface area contributed by atoms with Gasteiger partial charge >= 0.3 is 0 Å². The molecule has 1 aliphatic rings. The molecule has 0 radical (unpaired) electrons. The Hall–Kier alpha value is -3.38. The summed E-state index contributed by atoms with van der Waals surface area (Å²) in [6.07, 6.45) is -0.825. The second-order valence-corrected chi connectivity index (χ2v) is 6.88. The molecule has 2 heterocycles. The van der Waals surface area contributed by atoms with Crippen molar-refractivity contribution >= 4 is 12.2 Å². The third-order valence-electron chi connectivity index (χ3n) is 4.73. The number of ether oxygens (including phenoxy) is 2. The fraction of sp³-hybridized carbons (Fsp3) is 0.0909. The quantitative estimate of drug-likeness (QED) is 0.492. The lowest BCUT2D eigenvalue weighted by atomic mass is 10.0. The van der Waals surface area contributed by atoms with Crippen LogP contribution in [-0.2, 0) is 0 Å². The van der Waals surface area contributed by atoms with E-state index in [-0.39, 0.29) is 6.10 Å². The standard InChI is InChI=1S/C22H17N3O2S/c28-22-24-23-21(25(22)16-11-5-2-6-12-16)20-19(15-9-3-1-4-10-15)26-17-13-7-8-14-18(17)27-20/h1-14,19-20H,(H,24,28). The van der Waals surface area contributed by atoms with Crippen molar-refractivity contribution in [3.8, 4) is 17.2 Å². The highest BCUT2D eigenvalue weighted by Crippen LogP contribution is 2.45. The Morgan fingerprint density at radius 3 is 2.00 bits per heavy atom. The summed E-state index contributed by atoms with van der Waals surface area (Å²) < 4.78 is 15.2. The van der Waals surface area contributed by atoms with E-state index < -0.39 is 6.10 Å². The molecule has 0 saturated carbocycles. The van der Waals surface area contributed by atoms with E-state index in [0.717, 1.165) is 11.3 Å². The van der Waals surface area contributed by atoms with Gasteiger partial charge in [-0.25, -0.2) is 0 Å². The number of para-hydroxylation sites is 3. The van der Waals surface area contributed by atoms with Crippen molar-refractivity contribution in [3.63, 3.8) is 0 Å². The van der Waals surface area contributed by atoms with Crippen LogP contribution in [-0.4, -0.2) is 14.8 Å². The highest BCUT2D eigenvalue weighted by molar-refractivity contribution is 7.71. The van der Waals surface area contributed by atoms with Gasteiger partial charge < -0.3 is 9.47 Å². The minimum Gasteiger partial charge on any atom is -0.477 e. The van der Waals surface area contributed by atoms with Crippen molar-refractivity contribution in [1.82, 2.24) is 14.8 Å². The molecule has 2 unspecified atom stereocenters. The van der Waals surface area contributed by atoms with Gasteiger partial charge in [0.05, 0.1) is 0 Å². The highest BCUT2D eigenvalue weighted by Gasteiger charge is 2.37. The van der Waals surface area contributed by atoms with Crippen molar-refractivity contribution in [2.24, 2.45) is 0 Å². The Kier molecular flexibility index (Phi) is 4.18. The Morgan fingerprint density at radius 1 is 0.750 bits per heavy atom. The number of nitrogens with zero attached hydrogens (tertiary/aromatic N) is 2. The molecule has 1 aliphatic heterocycles. The molecule has 0 saturated heterocycles. The first kappa shape index (κ1) is 16.8. The van der Waals surface area contributed by atoms with Gasteiger partial charge in [0.25, 0.3) is 0 Å². The van der Waals surface area contributed by atoms with Gasteiger partial charge in [0.1, 0.15) is 0 Å². The molecule has 0 spiro atoms. The van der Waals surface area contributed by atoms with Gasteiger partial charge in [-0.2, -0.15) is 5.10 Å². The van der Waals surface area contributed by atoms with E-state index in [9.17, 15) is 0 Å². The smallest absolute Gasteiger partial charge is 0.199 e. The van der Waals surface area contributed by atoms with E-state index in [2.05, 4.69) is 10.2 Å². The van der Waals surface area contributed by atoms with Crippen LogP contribution in [0.15, 0.2) is 84.9 Å². The fourth-order valence-corrected chi connectivity index (χ4v) is 3.69. The average Bonchev–Trinajstić information content (AvgIpc) is 3.15. The van der Waals surface area contributed by atoms with Crippen molar-refractivity contribution in [2.75, 3.05) is 0 Å². The van der Waals surface area contributed by atoms with E-state index in [1.807, 2.05) is 89.5 Å². The van der Waals surface area contributed by atoms with Crippen LogP contribution < -0.4 is 9.47 Å². The zero-order chi connectivity index (χ0) is 18.9. The van der Waals surface area contributed by atoms with Gasteiger partial charge in [-0.15, -0.1) is 0 Å². The topological polar surface area (TPSA) is 52.1 Å². The zero-order valence-electron chi connectivity index (χ0n) is 14.9. The Bertz CT molecular complexity index is 1160. The summed E-state index contributed by atoms with van der Waals surface area (Å²) in [7, 11) is 0. The van der Waals surface area contributed by atoms with Crippen molar-refractivity contribution in [1.29, 1.82) is 0 Å². The summed E-state index contributed by atoms with van der Waals surface area (Å²) >= 11 is 5.51. The molecule has 138 valence electrons. The maximum absolute atomic E-state index is 6.39. The SMILES string of the molecule is S=c1[nH]nc(C2Oc3ccccc3OC2c2ccccc2)n1-c1ccccc1.